The van der Waals surface area contributed by atoms with E-state index in [1.54, 1.807) is 0 Å². The zero-order valence-corrected chi connectivity index (χ0v) is 11.9. The van der Waals surface area contributed by atoms with E-state index in [-0.39, 0.29) is 27.3 Å². The zero-order valence-electron chi connectivity index (χ0n) is 11.1. The fraction of sp³-hybridized carbons (Fsp3) is 0. The van der Waals surface area contributed by atoms with Gasteiger partial charge in [0.15, 0.2) is 0 Å². The Morgan fingerprint density at radius 2 is 1.74 bits per heavy atom. The van der Waals surface area contributed by atoms with Gasteiger partial charge in [-0.15, -0.1) is 0 Å². The van der Waals surface area contributed by atoms with E-state index in [1.165, 1.54) is 36.4 Å². The first-order valence-electron chi connectivity index (χ1n) is 6.06. The lowest BCUT2D eigenvalue weighted by molar-refractivity contribution is -0.783. The molecule has 0 aliphatic rings. The minimum Gasteiger partial charge on any atom is -0.359 e. The second kappa shape index (κ2) is 5.53. The van der Waals surface area contributed by atoms with Gasteiger partial charge in [-0.2, -0.15) is 0 Å². The summed E-state index contributed by atoms with van der Waals surface area (Å²) in [4.78, 5) is 21.5. The van der Waals surface area contributed by atoms with E-state index in [0.29, 0.717) is 9.79 Å². The molecule has 1 heterocycles. The fourth-order valence-corrected chi connectivity index (χ4v) is 2.86. The van der Waals surface area contributed by atoms with Gasteiger partial charge in [0.25, 0.3) is 5.69 Å². The number of non-ortho nitro benzene ring substituents is 2. The van der Waals surface area contributed by atoms with Crippen LogP contribution in [0.25, 0.3) is 11.0 Å². The minimum absolute atomic E-state index is 0.0629. The molecule has 0 N–H and O–H groups in total. The molecule has 0 spiro atoms. The molecule has 116 valence electrons. The quantitative estimate of drug-likeness (QED) is 0.402. The molecule has 10 nitrogen and oxygen atoms in total. The molecule has 3 aromatic rings. The molecule has 0 fully saturated rings. The van der Waals surface area contributed by atoms with Crippen LogP contribution in [0.3, 0.4) is 0 Å². The molecule has 0 radical (unpaired) electrons. The third-order valence-corrected chi connectivity index (χ3v) is 4.01. The molecule has 2 aromatic carbocycles. The van der Waals surface area contributed by atoms with Crippen molar-refractivity contribution >= 4 is 34.2 Å². The number of rotatable bonds is 4. The Kier molecular flexibility index (Phi) is 3.54. The lowest BCUT2D eigenvalue weighted by Gasteiger charge is -2.01. The van der Waals surface area contributed by atoms with E-state index in [9.17, 15) is 25.4 Å². The molecule has 1 aromatic heterocycles. The van der Waals surface area contributed by atoms with Gasteiger partial charge in [0, 0.05) is 23.1 Å². The average Bonchev–Trinajstić information content (AvgIpc) is 2.90. The molecule has 0 unspecified atom stereocenters. The van der Waals surface area contributed by atoms with Crippen LogP contribution in [0.1, 0.15) is 0 Å². The zero-order chi connectivity index (χ0) is 16.6. The van der Waals surface area contributed by atoms with E-state index >= 15 is 0 Å². The highest BCUT2D eigenvalue weighted by Crippen LogP contribution is 2.35. The number of hydrogen-bond acceptors (Lipinski definition) is 8. The van der Waals surface area contributed by atoms with Gasteiger partial charge in [0.2, 0.25) is 5.52 Å². The number of fused-ring (bicyclic) bond motifs is 1. The molecule has 11 heteroatoms. The van der Waals surface area contributed by atoms with Crippen molar-refractivity contribution in [1.82, 2.24) is 5.16 Å². The van der Waals surface area contributed by atoms with E-state index < -0.39 is 9.85 Å². The van der Waals surface area contributed by atoms with Crippen molar-refractivity contribution in [3.63, 3.8) is 0 Å². The lowest BCUT2D eigenvalue weighted by atomic mass is 10.3. The first-order valence-corrected chi connectivity index (χ1v) is 6.88. The first kappa shape index (κ1) is 14.7. The van der Waals surface area contributed by atoms with Crippen LogP contribution >= 0.6 is 11.8 Å². The Labute approximate surface area is 131 Å². The van der Waals surface area contributed by atoms with Crippen LogP contribution in [0, 0.1) is 25.4 Å². The fourth-order valence-electron chi connectivity index (χ4n) is 1.93. The van der Waals surface area contributed by atoms with Gasteiger partial charge >= 0.3 is 11.2 Å². The largest absolute Gasteiger partial charge is 0.359 e. The van der Waals surface area contributed by atoms with Gasteiger partial charge in [-0.1, -0.05) is 11.8 Å². The van der Waals surface area contributed by atoms with Crippen LogP contribution in [-0.2, 0) is 0 Å². The summed E-state index contributed by atoms with van der Waals surface area (Å²) in [5.74, 6) is 0. The number of benzene rings is 2. The van der Waals surface area contributed by atoms with Crippen molar-refractivity contribution in [2.24, 2.45) is 0 Å². The lowest BCUT2D eigenvalue weighted by Crippen LogP contribution is -2.23. The number of nitro groups is 2. The smallest absolute Gasteiger partial charge is 0.327 e. The van der Waals surface area contributed by atoms with Crippen LogP contribution in [-0.4, -0.2) is 15.0 Å². The normalized spacial score (nSPS) is 10.8. The molecule has 0 bridgehead atoms. The highest BCUT2D eigenvalue weighted by atomic mass is 32.2. The van der Waals surface area contributed by atoms with Crippen molar-refractivity contribution in [2.45, 2.75) is 9.79 Å². The summed E-state index contributed by atoms with van der Waals surface area (Å²) in [5.41, 5.74) is -0.627. The average molecular weight is 334 g/mol. The molecule has 0 aliphatic heterocycles. The van der Waals surface area contributed by atoms with E-state index in [4.69, 9.17) is 0 Å². The maximum atomic E-state index is 11.7. The van der Waals surface area contributed by atoms with Crippen molar-refractivity contribution in [1.29, 1.82) is 0 Å². The summed E-state index contributed by atoms with van der Waals surface area (Å²) in [6.45, 7) is 0. The maximum Gasteiger partial charge on any atom is 0.327 e. The third kappa shape index (κ3) is 2.64. The third-order valence-electron chi connectivity index (χ3n) is 2.95. The summed E-state index contributed by atoms with van der Waals surface area (Å²) in [6, 6.07) is 8.29. The van der Waals surface area contributed by atoms with Crippen LogP contribution in [0.5, 0.6) is 0 Å². The molecule has 23 heavy (non-hydrogen) atoms. The molecule has 0 saturated carbocycles. The molecular weight excluding hydrogens is 328 g/mol. The summed E-state index contributed by atoms with van der Waals surface area (Å²) in [5, 5.41) is 36.6. The van der Waals surface area contributed by atoms with Crippen LogP contribution in [0.15, 0.2) is 50.8 Å². The summed E-state index contributed by atoms with van der Waals surface area (Å²) < 4.78 is 4.44. The van der Waals surface area contributed by atoms with Gasteiger partial charge < -0.3 is 5.21 Å². The van der Waals surface area contributed by atoms with Crippen molar-refractivity contribution in [3.8, 4) is 0 Å². The highest BCUT2D eigenvalue weighted by molar-refractivity contribution is 7.99. The summed E-state index contributed by atoms with van der Waals surface area (Å²) in [6.07, 6.45) is 0. The minimum atomic E-state index is -0.662. The number of hydrogen-bond donors (Lipinski definition) is 0. The van der Waals surface area contributed by atoms with Crippen molar-refractivity contribution in [2.75, 3.05) is 0 Å². The standard InChI is InChI=1S/C12H6N4O6S/c17-14(18)7-1-3-8(4-2-7)23-10-6-5-9(15(19)20)11-12(10)16(21)22-13-11/h1-6H. The maximum absolute atomic E-state index is 11.7. The summed E-state index contributed by atoms with van der Waals surface area (Å²) in [7, 11) is 0. The number of aromatic nitrogens is 2. The highest BCUT2D eigenvalue weighted by Gasteiger charge is 2.26. The molecule has 0 saturated heterocycles. The van der Waals surface area contributed by atoms with Crippen molar-refractivity contribution < 1.29 is 19.4 Å². The Morgan fingerprint density at radius 1 is 1.04 bits per heavy atom. The van der Waals surface area contributed by atoms with Gasteiger partial charge in [-0.3, -0.25) is 24.9 Å². The van der Waals surface area contributed by atoms with Gasteiger partial charge in [0.05, 0.1) is 19.9 Å². The van der Waals surface area contributed by atoms with Gasteiger partial charge in [-0.25, -0.2) is 0 Å². The number of nitro benzene ring substituents is 2. The van der Waals surface area contributed by atoms with E-state index in [2.05, 4.69) is 9.79 Å². The molecule has 0 atom stereocenters. The predicted molar refractivity (Wildman–Crippen MR) is 76.8 cm³/mol. The molecule has 3 rings (SSSR count). The second-order valence-electron chi connectivity index (χ2n) is 4.32. The van der Waals surface area contributed by atoms with Gasteiger partial charge in [-0.05, 0) is 23.1 Å². The monoisotopic (exact) mass is 334 g/mol. The first-order chi connectivity index (χ1) is 11.0. The second-order valence-corrected chi connectivity index (χ2v) is 5.44. The van der Waals surface area contributed by atoms with Gasteiger partial charge in [0.1, 0.15) is 0 Å². The predicted octanol–water partition coefficient (Wildman–Crippen LogP) is 2.43. The Morgan fingerprint density at radius 3 is 2.35 bits per heavy atom. The van der Waals surface area contributed by atoms with Crippen LogP contribution in [0.2, 0.25) is 0 Å². The molecule has 0 aliphatic carbocycles. The molecular formula is C12H6N4O6S. The van der Waals surface area contributed by atoms with E-state index in [1.807, 2.05) is 0 Å². The van der Waals surface area contributed by atoms with Crippen LogP contribution in [0.4, 0.5) is 11.4 Å². The Bertz CT molecular complexity index is 923. The Balaban J connectivity index is 2.03. The number of nitrogens with zero attached hydrogens (tertiary/aromatic N) is 4. The SMILES string of the molecule is O=[N+]([O-])c1ccc(Sc2ccc([N+](=O)[O-])c3no[n+]([O-])c23)cc1. The molecule has 0 amide bonds. The Hall–Kier alpha value is -3.21. The topological polar surface area (TPSA) is 139 Å². The van der Waals surface area contributed by atoms with Crippen molar-refractivity contribution in [3.05, 3.63) is 61.8 Å². The van der Waals surface area contributed by atoms with E-state index in [0.717, 1.165) is 11.8 Å². The van der Waals surface area contributed by atoms with Crippen LogP contribution < -0.4 is 4.90 Å². The summed E-state index contributed by atoms with van der Waals surface area (Å²) >= 11 is 1.11.